The van der Waals surface area contributed by atoms with Crippen LogP contribution in [-0.4, -0.2) is 58.1 Å². The first-order valence-electron chi connectivity index (χ1n) is 5.61. The Morgan fingerprint density at radius 3 is 2.42 bits per heavy atom. The van der Waals surface area contributed by atoms with Gasteiger partial charge in [-0.3, -0.25) is 9.59 Å². The Bertz CT molecular complexity index is 393. The summed E-state index contributed by atoms with van der Waals surface area (Å²) < 4.78 is 34.3. The lowest BCUT2D eigenvalue weighted by Crippen LogP contribution is -2.42. The number of sulfonamides is 1. The molecule has 0 saturated heterocycles. The molecule has 0 saturated carbocycles. The van der Waals surface area contributed by atoms with Crippen molar-refractivity contribution in [3.05, 3.63) is 0 Å². The van der Waals surface area contributed by atoms with Gasteiger partial charge in [-0.15, -0.1) is 0 Å². The van der Waals surface area contributed by atoms with Crippen LogP contribution in [0.25, 0.3) is 0 Å². The monoisotopic (exact) mass is 297 g/mol. The van der Waals surface area contributed by atoms with Crippen molar-refractivity contribution in [2.75, 3.05) is 26.6 Å². The minimum absolute atomic E-state index is 0.161. The van der Waals surface area contributed by atoms with Gasteiger partial charge in [-0.25, -0.2) is 13.1 Å². The lowest BCUT2D eigenvalue weighted by atomic mass is 10.2. The number of nitrogens with one attached hydrogen (secondary N) is 1. The topological polar surface area (TPSA) is 119 Å². The molecule has 8 nitrogen and oxygen atoms in total. The molecule has 0 aromatic carbocycles. The molecule has 0 spiro atoms. The molecule has 9 heteroatoms. The van der Waals surface area contributed by atoms with Gasteiger partial charge in [0.05, 0.1) is 12.9 Å². The second-order valence-electron chi connectivity index (χ2n) is 3.79. The summed E-state index contributed by atoms with van der Waals surface area (Å²) in [7, 11) is -1.10. The Labute approximate surface area is 112 Å². The summed E-state index contributed by atoms with van der Waals surface area (Å²) in [5, 5.41) is 8.89. The maximum Gasteiger partial charge on any atom is 0.321 e. The molecule has 112 valence electrons. The zero-order chi connectivity index (χ0) is 14.9. The highest BCUT2D eigenvalue weighted by molar-refractivity contribution is 7.89. The highest BCUT2D eigenvalue weighted by Gasteiger charge is 2.24. The van der Waals surface area contributed by atoms with Crippen LogP contribution in [0.2, 0.25) is 0 Å². The smallest absolute Gasteiger partial charge is 0.321 e. The van der Waals surface area contributed by atoms with E-state index in [1.165, 1.54) is 14.2 Å². The molecular formula is C10H19NO7S. The molecule has 1 atom stereocenters. The van der Waals surface area contributed by atoms with Crippen molar-refractivity contribution >= 4 is 22.0 Å². The molecule has 0 bridgehead atoms. The normalized spacial score (nSPS) is 12.9. The minimum atomic E-state index is -3.72. The lowest BCUT2D eigenvalue weighted by Gasteiger charge is -2.14. The maximum atomic E-state index is 11.6. The molecule has 0 aromatic rings. The van der Waals surface area contributed by atoms with Crippen LogP contribution < -0.4 is 4.72 Å². The fourth-order valence-electron chi connectivity index (χ4n) is 1.27. The third kappa shape index (κ3) is 8.51. The van der Waals surface area contributed by atoms with Crippen LogP contribution in [0.5, 0.6) is 0 Å². The van der Waals surface area contributed by atoms with Gasteiger partial charge in [0.2, 0.25) is 10.0 Å². The van der Waals surface area contributed by atoms with E-state index in [4.69, 9.17) is 9.84 Å². The Balaban J connectivity index is 4.40. The van der Waals surface area contributed by atoms with Gasteiger partial charge in [-0.1, -0.05) is 0 Å². The summed E-state index contributed by atoms with van der Waals surface area (Å²) in [6.07, 6.45) is -0.0747. The summed E-state index contributed by atoms with van der Waals surface area (Å²) in [5.41, 5.74) is 0. The van der Waals surface area contributed by atoms with E-state index in [0.29, 0.717) is 0 Å². The van der Waals surface area contributed by atoms with Crippen LogP contribution >= 0.6 is 0 Å². The van der Waals surface area contributed by atoms with E-state index >= 15 is 0 Å². The van der Waals surface area contributed by atoms with Gasteiger partial charge in [0.1, 0.15) is 6.04 Å². The molecule has 0 fully saturated rings. The van der Waals surface area contributed by atoms with E-state index in [-0.39, 0.29) is 31.6 Å². The van der Waals surface area contributed by atoms with Crippen molar-refractivity contribution in [3.63, 3.8) is 0 Å². The molecule has 19 heavy (non-hydrogen) atoms. The second-order valence-corrected chi connectivity index (χ2v) is 5.66. The molecule has 0 amide bonds. The van der Waals surface area contributed by atoms with Crippen molar-refractivity contribution in [3.8, 4) is 0 Å². The van der Waals surface area contributed by atoms with Crippen LogP contribution in [0.1, 0.15) is 19.3 Å². The molecule has 0 aliphatic carbocycles. The van der Waals surface area contributed by atoms with Gasteiger partial charge in [0.25, 0.3) is 0 Å². The van der Waals surface area contributed by atoms with Gasteiger partial charge in [0, 0.05) is 20.1 Å². The zero-order valence-electron chi connectivity index (χ0n) is 10.9. The molecule has 2 N–H and O–H groups in total. The summed E-state index contributed by atoms with van der Waals surface area (Å²) in [6, 6.07) is -1.34. The van der Waals surface area contributed by atoms with E-state index in [9.17, 15) is 18.0 Å². The van der Waals surface area contributed by atoms with Crippen LogP contribution in [-0.2, 0) is 29.1 Å². The van der Waals surface area contributed by atoms with Crippen molar-refractivity contribution in [1.29, 1.82) is 0 Å². The molecule has 0 radical (unpaired) electrons. The number of esters is 1. The third-order valence-electron chi connectivity index (χ3n) is 2.25. The maximum absolute atomic E-state index is 11.6. The van der Waals surface area contributed by atoms with Crippen LogP contribution in [0.4, 0.5) is 0 Å². The third-order valence-corrected chi connectivity index (χ3v) is 3.72. The molecule has 0 aromatic heterocycles. The van der Waals surface area contributed by atoms with Crippen LogP contribution in [0.3, 0.4) is 0 Å². The van der Waals surface area contributed by atoms with Gasteiger partial charge in [0.15, 0.2) is 0 Å². The fraction of sp³-hybridized carbons (Fsp3) is 0.800. The number of hydrogen-bond donors (Lipinski definition) is 2. The number of methoxy groups -OCH3 is 2. The lowest BCUT2D eigenvalue weighted by molar-refractivity contribution is -0.142. The zero-order valence-corrected chi connectivity index (χ0v) is 11.7. The SMILES string of the molecule is COCCCS(=O)(=O)N[C@@H](CCC(=O)OC)C(=O)O. The van der Waals surface area contributed by atoms with Crippen molar-refractivity contribution in [1.82, 2.24) is 4.72 Å². The number of hydrogen-bond acceptors (Lipinski definition) is 6. The number of ether oxygens (including phenoxy) is 2. The Morgan fingerprint density at radius 1 is 1.32 bits per heavy atom. The van der Waals surface area contributed by atoms with Crippen molar-refractivity contribution in [2.24, 2.45) is 0 Å². The second kappa shape index (κ2) is 8.83. The van der Waals surface area contributed by atoms with Crippen LogP contribution in [0, 0.1) is 0 Å². The van der Waals surface area contributed by atoms with Gasteiger partial charge in [-0.05, 0) is 12.8 Å². The number of aliphatic carboxylic acids is 1. The summed E-state index contributed by atoms with van der Waals surface area (Å²) in [6.45, 7) is 0.265. The molecule has 0 aliphatic heterocycles. The van der Waals surface area contributed by atoms with E-state index in [2.05, 4.69) is 4.74 Å². The Morgan fingerprint density at radius 2 is 1.95 bits per heavy atom. The van der Waals surface area contributed by atoms with E-state index < -0.39 is 28.0 Å². The molecule has 0 unspecified atom stereocenters. The number of carboxylic acids is 1. The molecule has 0 heterocycles. The average molecular weight is 297 g/mol. The standard InChI is InChI=1S/C10H19NO7S/c1-17-6-3-7-19(15,16)11-8(10(13)14)4-5-9(12)18-2/h8,11H,3-7H2,1-2H3,(H,13,14)/t8-/m0/s1. The predicted molar refractivity (Wildman–Crippen MR) is 66.1 cm³/mol. The van der Waals surface area contributed by atoms with Crippen molar-refractivity contribution in [2.45, 2.75) is 25.3 Å². The summed E-state index contributed by atoms with van der Waals surface area (Å²) in [5.74, 6) is -2.16. The molecule has 0 rings (SSSR count). The fourth-order valence-corrected chi connectivity index (χ4v) is 2.53. The van der Waals surface area contributed by atoms with Crippen molar-refractivity contribution < 1.29 is 32.6 Å². The highest BCUT2D eigenvalue weighted by Crippen LogP contribution is 2.02. The van der Waals surface area contributed by atoms with E-state index in [1.807, 2.05) is 4.72 Å². The number of rotatable bonds is 10. The van der Waals surface area contributed by atoms with Gasteiger partial charge < -0.3 is 14.6 Å². The van der Waals surface area contributed by atoms with E-state index in [0.717, 1.165) is 0 Å². The predicted octanol–water partition coefficient (Wildman–Crippen LogP) is -0.651. The average Bonchev–Trinajstić information content (AvgIpc) is 2.33. The molecule has 0 aliphatic rings. The minimum Gasteiger partial charge on any atom is -0.480 e. The first-order chi connectivity index (χ1) is 8.82. The van der Waals surface area contributed by atoms with Gasteiger partial charge >= 0.3 is 11.9 Å². The van der Waals surface area contributed by atoms with Crippen LogP contribution in [0.15, 0.2) is 0 Å². The number of carboxylic acid groups (broad SMARTS) is 1. The number of carbonyl (C=O) groups excluding carboxylic acids is 1. The quantitative estimate of drug-likeness (QED) is 0.406. The first kappa shape index (κ1) is 17.8. The number of carbonyl (C=O) groups is 2. The Hall–Kier alpha value is -1.19. The highest BCUT2D eigenvalue weighted by atomic mass is 32.2. The van der Waals surface area contributed by atoms with E-state index in [1.54, 1.807) is 0 Å². The molecular weight excluding hydrogens is 278 g/mol. The first-order valence-corrected chi connectivity index (χ1v) is 7.26. The van der Waals surface area contributed by atoms with Gasteiger partial charge in [-0.2, -0.15) is 0 Å². The largest absolute Gasteiger partial charge is 0.480 e. The summed E-state index contributed by atoms with van der Waals surface area (Å²) in [4.78, 5) is 21.8. The Kier molecular flexibility index (Phi) is 8.28. The summed E-state index contributed by atoms with van der Waals surface area (Å²) >= 11 is 0.